The molecule has 2 rings (SSSR count). The van der Waals surface area contributed by atoms with Crippen molar-refractivity contribution in [3.8, 4) is 0 Å². The van der Waals surface area contributed by atoms with Crippen molar-refractivity contribution in [1.29, 1.82) is 0 Å². The Morgan fingerprint density at radius 2 is 2.16 bits per heavy atom. The van der Waals surface area contributed by atoms with E-state index in [1.165, 1.54) is 0 Å². The molecule has 1 heterocycles. The van der Waals surface area contributed by atoms with E-state index >= 15 is 0 Å². The maximum Gasteiger partial charge on any atom is 0.252 e. The molecule has 100 valence electrons. The minimum absolute atomic E-state index is 0.177. The highest BCUT2D eigenvalue weighted by Crippen LogP contribution is 2.19. The van der Waals surface area contributed by atoms with Gasteiger partial charge in [0.2, 0.25) is 5.91 Å². The van der Waals surface area contributed by atoms with E-state index in [1.807, 2.05) is 0 Å². The molecular weight excluding hydrogens is 244 g/mol. The molecule has 0 aliphatic heterocycles. The summed E-state index contributed by atoms with van der Waals surface area (Å²) in [5, 5.41) is 3.56. The fraction of sp³-hybridized carbons (Fsp3) is 0.286. The van der Waals surface area contributed by atoms with Crippen LogP contribution in [-0.2, 0) is 4.79 Å². The number of benzene rings is 1. The molecule has 0 radical (unpaired) electrons. The van der Waals surface area contributed by atoms with E-state index in [0.717, 1.165) is 5.39 Å². The lowest BCUT2D eigenvalue weighted by Crippen LogP contribution is -2.29. The molecule has 0 spiro atoms. The van der Waals surface area contributed by atoms with E-state index in [4.69, 9.17) is 10.2 Å². The van der Waals surface area contributed by atoms with Crippen LogP contribution in [0.4, 0.5) is 0 Å². The first-order valence-corrected chi connectivity index (χ1v) is 6.13. The van der Waals surface area contributed by atoms with Crippen LogP contribution in [0.2, 0.25) is 0 Å². The van der Waals surface area contributed by atoms with Crippen LogP contribution in [0.1, 0.15) is 23.7 Å². The molecule has 0 saturated carbocycles. The predicted octanol–water partition coefficient (Wildman–Crippen LogP) is 1.67. The van der Waals surface area contributed by atoms with E-state index in [1.54, 1.807) is 37.5 Å². The Morgan fingerprint density at radius 3 is 2.89 bits per heavy atom. The monoisotopic (exact) mass is 260 g/mol. The maximum absolute atomic E-state index is 12.0. The van der Waals surface area contributed by atoms with Gasteiger partial charge in [-0.15, -0.1) is 0 Å². The number of hydrogen-bond acceptors (Lipinski definition) is 3. The van der Waals surface area contributed by atoms with Crippen molar-refractivity contribution in [2.75, 3.05) is 6.54 Å². The Morgan fingerprint density at radius 1 is 1.37 bits per heavy atom. The number of fused-ring (bicyclic) bond motifs is 1. The number of nitrogens with two attached hydrogens (primary N) is 1. The molecule has 0 bridgehead atoms. The zero-order valence-corrected chi connectivity index (χ0v) is 10.7. The van der Waals surface area contributed by atoms with Gasteiger partial charge in [0.05, 0.1) is 11.8 Å². The number of carbonyl (C=O) groups excluding carboxylic acids is 2. The number of hydrogen-bond donors (Lipinski definition) is 2. The Hall–Kier alpha value is -2.30. The Labute approximate surface area is 110 Å². The van der Waals surface area contributed by atoms with E-state index in [-0.39, 0.29) is 17.7 Å². The zero-order chi connectivity index (χ0) is 13.8. The average Bonchev–Trinajstić information content (AvgIpc) is 2.86. The first-order chi connectivity index (χ1) is 9.09. The quantitative estimate of drug-likeness (QED) is 0.857. The number of rotatable bonds is 5. The average molecular weight is 260 g/mol. The van der Waals surface area contributed by atoms with Gasteiger partial charge in [0.1, 0.15) is 5.58 Å². The van der Waals surface area contributed by atoms with E-state index in [2.05, 4.69) is 5.32 Å². The fourth-order valence-electron chi connectivity index (χ4n) is 1.83. The molecule has 1 atom stereocenters. The van der Waals surface area contributed by atoms with Crippen molar-refractivity contribution in [3.63, 3.8) is 0 Å². The molecule has 2 aromatic rings. The lowest BCUT2D eigenvalue weighted by molar-refractivity contribution is -0.121. The minimum atomic E-state index is -0.355. The first-order valence-electron chi connectivity index (χ1n) is 6.13. The summed E-state index contributed by atoms with van der Waals surface area (Å²) in [6.45, 7) is 2.16. The summed E-state index contributed by atoms with van der Waals surface area (Å²) in [7, 11) is 0. The van der Waals surface area contributed by atoms with Crippen LogP contribution in [0.3, 0.4) is 0 Å². The molecule has 0 aliphatic rings. The third kappa shape index (κ3) is 2.93. The van der Waals surface area contributed by atoms with Crippen molar-refractivity contribution in [2.45, 2.75) is 13.3 Å². The van der Waals surface area contributed by atoms with Crippen molar-refractivity contribution in [3.05, 3.63) is 36.1 Å². The maximum atomic E-state index is 12.0. The normalized spacial score (nSPS) is 12.3. The first kappa shape index (κ1) is 13.1. The third-order valence-electron chi connectivity index (χ3n) is 3.09. The summed E-state index contributed by atoms with van der Waals surface area (Å²) in [6, 6.07) is 7.08. The van der Waals surface area contributed by atoms with Crippen LogP contribution in [0.5, 0.6) is 0 Å². The number of primary amides is 1. The number of nitrogens with one attached hydrogen (secondary N) is 1. The van der Waals surface area contributed by atoms with Gasteiger partial charge in [-0.2, -0.15) is 0 Å². The van der Waals surface area contributed by atoms with Gasteiger partial charge in [0.15, 0.2) is 0 Å². The summed E-state index contributed by atoms with van der Waals surface area (Å²) in [4.78, 5) is 22.9. The second kappa shape index (κ2) is 5.56. The highest BCUT2D eigenvalue weighted by atomic mass is 16.3. The fourth-order valence-corrected chi connectivity index (χ4v) is 1.83. The van der Waals surface area contributed by atoms with Crippen molar-refractivity contribution < 1.29 is 14.0 Å². The Bertz CT molecular complexity index is 604. The Kier molecular flexibility index (Phi) is 3.85. The number of carbonyl (C=O) groups is 2. The minimum Gasteiger partial charge on any atom is -0.464 e. The highest BCUT2D eigenvalue weighted by Gasteiger charge is 2.12. The van der Waals surface area contributed by atoms with Gasteiger partial charge in [0.25, 0.3) is 5.91 Å². The van der Waals surface area contributed by atoms with Crippen LogP contribution < -0.4 is 11.1 Å². The molecule has 1 aromatic carbocycles. The Balaban J connectivity index is 2.00. The van der Waals surface area contributed by atoms with Gasteiger partial charge < -0.3 is 15.5 Å². The standard InChI is InChI=1S/C14H16N2O3/c1-9(13(15)17)5-7-16-14(18)11-3-2-4-12-10(11)6-8-19-12/h2-4,6,8-9H,5,7H2,1H3,(H2,15,17)(H,16,18)/t9-/m1/s1. The van der Waals surface area contributed by atoms with E-state index < -0.39 is 0 Å². The smallest absolute Gasteiger partial charge is 0.252 e. The predicted molar refractivity (Wildman–Crippen MR) is 71.5 cm³/mol. The molecule has 3 N–H and O–H groups in total. The molecule has 0 fully saturated rings. The van der Waals surface area contributed by atoms with Gasteiger partial charge in [-0.05, 0) is 24.6 Å². The van der Waals surface area contributed by atoms with Crippen LogP contribution in [0, 0.1) is 5.92 Å². The van der Waals surface area contributed by atoms with E-state index in [9.17, 15) is 9.59 Å². The van der Waals surface area contributed by atoms with Gasteiger partial charge in [-0.1, -0.05) is 13.0 Å². The molecule has 0 saturated heterocycles. The highest BCUT2D eigenvalue weighted by molar-refractivity contribution is 6.05. The summed E-state index contributed by atoms with van der Waals surface area (Å²) in [5.74, 6) is -0.778. The summed E-state index contributed by atoms with van der Waals surface area (Å²) in [6.07, 6.45) is 2.08. The van der Waals surface area contributed by atoms with Gasteiger partial charge in [-0.3, -0.25) is 9.59 Å². The van der Waals surface area contributed by atoms with Crippen LogP contribution in [-0.4, -0.2) is 18.4 Å². The molecule has 19 heavy (non-hydrogen) atoms. The second-order valence-corrected chi connectivity index (χ2v) is 4.49. The SMILES string of the molecule is C[C@H](CCNC(=O)c1cccc2occc12)C(N)=O. The van der Waals surface area contributed by atoms with E-state index in [0.29, 0.717) is 24.1 Å². The molecule has 5 nitrogen and oxygen atoms in total. The second-order valence-electron chi connectivity index (χ2n) is 4.49. The summed E-state index contributed by atoms with van der Waals surface area (Å²) in [5.41, 5.74) is 6.41. The molecule has 0 aliphatic carbocycles. The largest absolute Gasteiger partial charge is 0.464 e. The third-order valence-corrected chi connectivity index (χ3v) is 3.09. The molecule has 0 unspecified atom stereocenters. The van der Waals surface area contributed by atoms with Crippen LogP contribution in [0.15, 0.2) is 34.9 Å². The van der Waals surface area contributed by atoms with Crippen molar-refractivity contribution in [1.82, 2.24) is 5.32 Å². The lowest BCUT2D eigenvalue weighted by Gasteiger charge is -2.09. The molecule has 2 amide bonds. The topological polar surface area (TPSA) is 85.3 Å². The zero-order valence-electron chi connectivity index (χ0n) is 10.7. The van der Waals surface area contributed by atoms with Gasteiger partial charge in [-0.25, -0.2) is 0 Å². The molecule has 1 aromatic heterocycles. The molecule has 5 heteroatoms. The van der Waals surface area contributed by atoms with Crippen molar-refractivity contribution >= 4 is 22.8 Å². The summed E-state index contributed by atoms with van der Waals surface area (Å²) >= 11 is 0. The number of amides is 2. The van der Waals surface area contributed by atoms with Gasteiger partial charge >= 0.3 is 0 Å². The van der Waals surface area contributed by atoms with Gasteiger partial charge in [0, 0.05) is 17.8 Å². The lowest BCUT2D eigenvalue weighted by atomic mass is 10.1. The number of furan rings is 1. The summed E-state index contributed by atoms with van der Waals surface area (Å²) < 4.78 is 5.24. The molecular formula is C14H16N2O3. The van der Waals surface area contributed by atoms with Crippen LogP contribution >= 0.6 is 0 Å². The van der Waals surface area contributed by atoms with Crippen LogP contribution in [0.25, 0.3) is 11.0 Å². The van der Waals surface area contributed by atoms with Crippen molar-refractivity contribution in [2.24, 2.45) is 11.7 Å².